The lowest BCUT2D eigenvalue weighted by molar-refractivity contribution is -0.209. The van der Waals surface area contributed by atoms with E-state index in [1.807, 2.05) is 105 Å². The Balaban J connectivity index is 1.42. The standard InChI is InChI=1S/C32H30N4O5/c1-31(2)40-24-25(39-30(26(24)41-31)36-19-35-23-28(36)33-18-34-29(23)38)27(37)32(20-12-6-3-7-13-20,21-14-8-4-9-15-21)22-16-10-5-11-17-22/h3-19,24-27,30,37H,1-2H3,(H,33,34,38)/t24-,25+,26-,27+,30-/m1/s1. The van der Waals surface area contributed by atoms with Gasteiger partial charge in [0.15, 0.2) is 23.2 Å². The molecule has 4 heterocycles. The number of aliphatic hydroxyl groups is 1. The molecule has 7 rings (SSSR count). The van der Waals surface area contributed by atoms with E-state index in [0.717, 1.165) is 16.7 Å². The molecule has 5 aromatic rings. The van der Waals surface area contributed by atoms with Gasteiger partial charge in [-0.1, -0.05) is 91.0 Å². The first-order valence-corrected chi connectivity index (χ1v) is 13.7. The Morgan fingerprint density at radius 3 is 1.95 bits per heavy atom. The zero-order valence-corrected chi connectivity index (χ0v) is 22.6. The van der Waals surface area contributed by atoms with Crippen molar-refractivity contribution in [2.24, 2.45) is 0 Å². The van der Waals surface area contributed by atoms with E-state index in [1.165, 1.54) is 12.7 Å². The van der Waals surface area contributed by atoms with Crippen LogP contribution >= 0.6 is 0 Å². The van der Waals surface area contributed by atoms with E-state index in [1.54, 1.807) is 4.57 Å². The van der Waals surface area contributed by atoms with Crippen molar-refractivity contribution in [3.63, 3.8) is 0 Å². The van der Waals surface area contributed by atoms with Gasteiger partial charge in [0.1, 0.15) is 24.4 Å². The highest BCUT2D eigenvalue weighted by Crippen LogP contribution is 2.50. The number of imidazole rings is 1. The molecule has 9 heteroatoms. The zero-order chi connectivity index (χ0) is 28.2. The number of aromatic amines is 1. The van der Waals surface area contributed by atoms with Gasteiger partial charge < -0.3 is 24.3 Å². The Hall–Kier alpha value is -4.15. The highest BCUT2D eigenvalue weighted by atomic mass is 16.8. The molecule has 0 radical (unpaired) electrons. The van der Waals surface area contributed by atoms with Crippen molar-refractivity contribution in [2.75, 3.05) is 0 Å². The molecule has 208 valence electrons. The Morgan fingerprint density at radius 1 is 0.854 bits per heavy atom. The first kappa shape index (κ1) is 25.8. The molecular weight excluding hydrogens is 520 g/mol. The SMILES string of the molecule is CC1(C)O[C@H]2[C@@H](O1)[C@H](n1cnc3c(=O)[nH]cnc31)O[C@@H]2[C@H](O)C(c1ccccc1)(c1ccccc1)c1ccccc1. The molecule has 2 aliphatic rings. The second kappa shape index (κ2) is 9.74. The highest BCUT2D eigenvalue weighted by Gasteiger charge is 2.61. The zero-order valence-electron chi connectivity index (χ0n) is 22.6. The van der Waals surface area contributed by atoms with Crippen LogP contribution in [0.25, 0.3) is 11.2 Å². The van der Waals surface area contributed by atoms with E-state index >= 15 is 0 Å². The third-order valence-electron chi connectivity index (χ3n) is 8.15. The fourth-order valence-electron chi connectivity index (χ4n) is 6.50. The first-order chi connectivity index (χ1) is 19.9. The number of aliphatic hydroxyl groups excluding tert-OH is 1. The second-order valence-corrected chi connectivity index (χ2v) is 11.0. The molecule has 9 nitrogen and oxygen atoms in total. The molecule has 0 amide bonds. The highest BCUT2D eigenvalue weighted by molar-refractivity contribution is 5.69. The van der Waals surface area contributed by atoms with Crippen molar-refractivity contribution < 1.29 is 19.3 Å². The van der Waals surface area contributed by atoms with Gasteiger partial charge in [0.05, 0.1) is 18.1 Å². The number of nitrogens with one attached hydrogen (secondary N) is 1. The van der Waals surface area contributed by atoms with Crippen LogP contribution in [0.3, 0.4) is 0 Å². The fourth-order valence-corrected chi connectivity index (χ4v) is 6.50. The van der Waals surface area contributed by atoms with Gasteiger partial charge in [0.25, 0.3) is 5.56 Å². The summed E-state index contributed by atoms with van der Waals surface area (Å²) in [6.45, 7) is 3.69. The van der Waals surface area contributed by atoms with Gasteiger partial charge in [0, 0.05) is 0 Å². The summed E-state index contributed by atoms with van der Waals surface area (Å²) in [4.78, 5) is 23.6. The van der Waals surface area contributed by atoms with E-state index in [0.29, 0.717) is 5.65 Å². The van der Waals surface area contributed by atoms with Crippen LogP contribution < -0.4 is 5.56 Å². The van der Waals surface area contributed by atoms with Crippen molar-refractivity contribution in [1.82, 2.24) is 19.5 Å². The van der Waals surface area contributed by atoms with Crippen molar-refractivity contribution in [3.05, 3.63) is 131 Å². The average Bonchev–Trinajstić information content (AvgIpc) is 3.66. The second-order valence-electron chi connectivity index (χ2n) is 11.0. The van der Waals surface area contributed by atoms with Gasteiger partial charge in [-0.15, -0.1) is 0 Å². The lowest BCUT2D eigenvalue weighted by atomic mass is 9.64. The van der Waals surface area contributed by atoms with Crippen LogP contribution in [0.1, 0.15) is 36.8 Å². The Morgan fingerprint density at radius 2 is 1.39 bits per heavy atom. The molecule has 0 spiro atoms. The molecular formula is C32H30N4O5. The van der Waals surface area contributed by atoms with Gasteiger partial charge in [-0.25, -0.2) is 9.97 Å². The Labute approximate surface area is 236 Å². The number of fused-ring (bicyclic) bond motifs is 2. The third kappa shape index (κ3) is 4.04. The van der Waals surface area contributed by atoms with E-state index < -0.39 is 41.8 Å². The van der Waals surface area contributed by atoms with Crippen molar-refractivity contribution >= 4 is 11.2 Å². The molecule has 2 saturated heterocycles. The molecule has 0 unspecified atom stereocenters. The molecule has 2 fully saturated rings. The number of benzene rings is 3. The van der Waals surface area contributed by atoms with Crippen LogP contribution in [0, 0.1) is 0 Å². The number of H-pyrrole nitrogens is 1. The topological polar surface area (TPSA) is 111 Å². The van der Waals surface area contributed by atoms with Crippen LogP contribution in [0.15, 0.2) is 108 Å². The smallest absolute Gasteiger partial charge is 0.278 e. The van der Waals surface area contributed by atoms with Crippen LogP contribution in [-0.2, 0) is 19.6 Å². The minimum absolute atomic E-state index is 0.196. The number of nitrogens with zero attached hydrogens (tertiary/aromatic N) is 3. The lowest BCUT2D eigenvalue weighted by Crippen LogP contribution is -2.52. The maximum Gasteiger partial charge on any atom is 0.278 e. The largest absolute Gasteiger partial charge is 0.389 e. The quantitative estimate of drug-likeness (QED) is 0.308. The fraction of sp³-hybridized carbons (Fsp3) is 0.281. The number of rotatable bonds is 6. The molecule has 0 aliphatic carbocycles. The molecule has 0 saturated carbocycles. The number of hydrogen-bond acceptors (Lipinski definition) is 7. The van der Waals surface area contributed by atoms with Crippen LogP contribution in [0.5, 0.6) is 0 Å². The maximum absolute atomic E-state index is 12.8. The predicted molar refractivity (Wildman–Crippen MR) is 151 cm³/mol. The van der Waals surface area contributed by atoms with Gasteiger partial charge in [-0.05, 0) is 30.5 Å². The molecule has 3 aromatic carbocycles. The Kier molecular flexibility index (Phi) is 6.13. The summed E-state index contributed by atoms with van der Waals surface area (Å²) in [5.74, 6) is -0.925. The molecule has 0 bridgehead atoms. The summed E-state index contributed by atoms with van der Waals surface area (Å²) in [5, 5.41) is 12.8. The van der Waals surface area contributed by atoms with Gasteiger partial charge in [-0.2, -0.15) is 0 Å². The van der Waals surface area contributed by atoms with Gasteiger partial charge in [-0.3, -0.25) is 9.36 Å². The molecule has 41 heavy (non-hydrogen) atoms. The summed E-state index contributed by atoms with van der Waals surface area (Å²) < 4.78 is 21.2. The minimum Gasteiger partial charge on any atom is -0.389 e. The number of aromatic nitrogens is 4. The number of hydrogen-bond donors (Lipinski definition) is 2. The summed E-state index contributed by atoms with van der Waals surface area (Å²) in [5.41, 5.74) is 1.92. The summed E-state index contributed by atoms with van der Waals surface area (Å²) in [7, 11) is 0. The monoisotopic (exact) mass is 550 g/mol. The first-order valence-electron chi connectivity index (χ1n) is 13.7. The maximum atomic E-state index is 12.8. The van der Waals surface area contributed by atoms with E-state index in [4.69, 9.17) is 14.2 Å². The molecule has 2 aliphatic heterocycles. The van der Waals surface area contributed by atoms with E-state index in [9.17, 15) is 9.90 Å². The minimum atomic E-state index is -1.11. The van der Waals surface area contributed by atoms with Crippen molar-refractivity contribution in [3.8, 4) is 0 Å². The normalized spacial score (nSPS) is 24.4. The van der Waals surface area contributed by atoms with Crippen LogP contribution in [0.4, 0.5) is 0 Å². The summed E-state index contributed by atoms with van der Waals surface area (Å²) in [6.07, 6.45) is -1.05. The van der Waals surface area contributed by atoms with Gasteiger partial charge in [0.2, 0.25) is 0 Å². The Bertz CT molecular complexity index is 1620. The summed E-state index contributed by atoms with van der Waals surface area (Å²) >= 11 is 0. The van der Waals surface area contributed by atoms with E-state index in [-0.39, 0.29) is 11.1 Å². The third-order valence-corrected chi connectivity index (χ3v) is 8.15. The van der Waals surface area contributed by atoms with E-state index in [2.05, 4.69) is 15.0 Å². The molecule has 2 N–H and O–H groups in total. The van der Waals surface area contributed by atoms with Crippen molar-refractivity contribution in [1.29, 1.82) is 0 Å². The molecule has 2 aromatic heterocycles. The summed E-state index contributed by atoms with van der Waals surface area (Å²) in [6, 6.07) is 29.9. The lowest BCUT2D eigenvalue weighted by Gasteiger charge is -2.43. The predicted octanol–water partition coefficient (Wildman–Crippen LogP) is 3.93. The number of ether oxygens (including phenoxy) is 3. The molecule has 5 atom stereocenters. The van der Waals surface area contributed by atoms with Crippen LogP contribution in [0.2, 0.25) is 0 Å². The van der Waals surface area contributed by atoms with Crippen LogP contribution in [-0.4, -0.2) is 54.8 Å². The average molecular weight is 551 g/mol. The van der Waals surface area contributed by atoms with Crippen molar-refractivity contribution in [2.45, 2.75) is 55.7 Å². The van der Waals surface area contributed by atoms with Gasteiger partial charge >= 0.3 is 0 Å².